The summed E-state index contributed by atoms with van der Waals surface area (Å²) in [5.41, 5.74) is 3.48. The molecular weight excluding hydrogens is 446 g/mol. The van der Waals surface area contributed by atoms with E-state index in [-0.39, 0.29) is 24.8 Å². The molecule has 0 aliphatic carbocycles. The van der Waals surface area contributed by atoms with Gasteiger partial charge in [-0.3, -0.25) is 4.90 Å². The summed E-state index contributed by atoms with van der Waals surface area (Å²) in [4.78, 5) is 14.5. The molecule has 2 aliphatic heterocycles. The lowest BCUT2D eigenvalue weighted by Crippen LogP contribution is -2.42. The molecular formula is C27H37N3O5. The van der Waals surface area contributed by atoms with Gasteiger partial charge < -0.3 is 30.0 Å². The van der Waals surface area contributed by atoms with E-state index in [1.165, 1.54) is 6.42 Å². The first-order chi connectivity index (χ1) is 17.1. The van der Waals surface area contributed by atoms with Gasteiger partial charge in [-0.25, -0.2) is 4.79 Å². The number of aliphatic hydroxyl groups is 1. The van der Waals surface area contributed by atoms with Crippen LogP contribution in [0.2, 0.25) is 0 Å². The van der Waals surface area contributed by atoms with Crippen LogP contribution in [0, 0.1) is 0 Å². The van der Waals surface area contributed by atoms with Crippen LogP contribution in [0.15, 0.2) is 48.5 Å². The predicted molar refractivity (Wildman–Crippen MR) is 134 cm³/mol. The Hall–Kier alpha value is -2.49. The van der Waals surface area contributed by atoms with Crippen molar-refractivity contribution in [1.29, 1.82) is 0 Å². The lowest BCUT2D eigenvalue weighted by atomic mass is 9.99. The number of nitrogens with zero attached hydrogens (tertiary/aromatic N) is 1. The van der Waals surface area contributed by atoms with Gasteiger partial charge in [-0.2, -0.15) is 0 Å². The number of carbonyl (C=O) groups is 1. The molecule has 0 aromatic heterocycles. The van der Waals surface area contributed by atoms with E-state index in [2.05, 4.69) is 15.5 Å². The van der Waals surface area contributed by atoms with Crippen molar-refractivity contribution in [2.75, 3.05) is 38.7 Å². The van der Waals surface area contributed by atoms with Crippen LogP contribution >= 0.6 is 0 Å². The molecule has 2 heterocycles. The zero-order valence-electron chi connectivity index (χ0n) is 20.6. The molecule has 2 aromatic carbocycles. The van der Waals surface area contributed by atoms with Crippen molar-refractivity contribution in [1.82, 2.24) is 10.2 Å². The number of benzene rings is 2. The van der Waals surface area contributed by atoms with E-state index < -0.39 is 6.29 Å². The Morgan fingerprint density at radius 2 is 2.00 bits per heavy atom. The topological polar surface area (TPSA) is 92.3 Å². The highest BCUT2D eigenvalue weighted by Gasteiger charge is 2.35. The monoisotopic (exact) mass is 483 g/mol. The third-order valence-electron chi connectivity index (χ3n) is 6.67. The smallest absolute Gasteiger partial charge is 0.319 e. The number of hydrogen-bond acceptors (Lipinski definition) is 6. The molecule has 3 N–H and O–H groups in total. The fourth-order valence-corrected chi connectivity index (χ4v) is 4.91. The molecule has 2 aliphatic rings. The first kappa shape index (κ1) is 25.6. The molecule has 0 saturated carbocycles. The summed E-state index contributed by atoms with van der Waals surface area (Å²) >= 11 is 0. The molecule has 0 radical (unpaired) electrons. The van der Waals surface area contributed by atoms with E-state index in [0.717, 1.165) is 49.2 Å². The largest absolute Gasteiger partial charge is 0.392 e. The van der Waals surface area contributed by atoms with Crippen LogP contribution in [-0.2, 0) is 20.8 Å². The molecule has 0 unspecified atom stereocenters. The van der Waals surface area contributed by atoms with Gasteiger partial charge in [0.05, 0.1) is 25.4 Å². The lowest BCUT2D eigenvalue weighted by Gasteiger charge is -2.39. The Labute approximate surface area is 207 Å². The quantitative estimate of drug-likeness (QED) is 0.500. The number of urea groups is 1. The zero-order chi connectivity index (χ0) is 24.6. The Morgan fingerprint density at radius 3 is 2.74 bits per heavy atom. The molecule has 2 fully saturated rings. The van der Waals surface area contributed by atoms with Gasteiger partial charge in [0, 0.05) is 43.9 Å². The number of carbonyl (C=O) groups excluding carboxylic acids is 1. The molecule has 2 aromatic rings. The summed E-state index contributed by atoms with van der Waals surface area (Å²) in [5, 5.41) is 15.0. The minimum atomic E-state index is -0.560. The van der Waals surface area contributed by atoms with Gasteiger partial charge in [0.1, 0.15) is 0 Å². The minimum absolute atomic E-state index is 0.0153. The summed E-state index contributed by atoms with van der Waals surface area (Å²) in [5.74, 6) is 0. The normalized spacial score (nSPS) is 24.9. The summed E-state index contributed by atoms with van der Waals surface area (Å²) in [7, 11) is 1.76. The van der Waals surface area contributed by atoms with Crippen LogP contribution in [0.3, 0.4) is 0 Å². The second-order valence-corrected chi connectivity index (χ2v) is 9.21. The highest BCUT2D eigenvalue weighted by atomic mass is 16.7. The van der Waals surface area contributed by atoms with E-state index in [0.29, 0.717) is 18.3 Å². The van der Waals surface area contributed by atoms with Gasteiger partial charge in [-0.1, -0.05) is 36.4 Å². The standard InChI is InChI=1S/C27H37N3O5/c1-3-28-27(32)29-22-7-4-6-21(14-22)26-34-24(16-30-13-5-8-23(30)18-33-2)15-25(35-26)20-11-9-19(17-31)10-12-20/h4,6-7,9-12,14,23-26,31H,3,5,8,13,15-18H2,1-2H3,(H2,28,29,32)/t23-,24-,25+,26+/m0/s1. The fourth-order valence-electron chi connectivity index (χ4n) is 4.91. The van der Waals surface area contributed by atoms with Crippen molar-refractivity contribution in [2.24, 2.45) is 0 Å². The van der Waals surface area contributed by atoms with Crippen LogP contribution in [0.5, 0.6) is 0 Å². The number of ether oxygens (including phenoxy) is 3. The second-order valence-electron chi connectivity index (χ2n) is 9.21. The molecule has 0 spiro atoms. The van der Waals surface area contributed by atoms with E-state index in [1.807, 2.05) is 55.5 Å². The van der Waals surface area contributed by atoms with Crippen molar-refractivity contribution in [2.45, 2.75) is 57.3 Å². The minimum Gasteiger partial charge on any atom is -0.392 e. The van der Waals surface area contributed by atoms with Gasteiger partial charge in [0.25, 0.3) is 0 Å². The number of anilines is 1. The number of likely N-dealkylation sites (tertiary alicyclic amines) is 1. The molecule has 4 atom stereocenters. The van der Waals surface area contributed by atoms with Gasteiger partial charge in [0.2, 0.25) is 0 Å². The lowest BCUT2D eigenvalue weighted by molar-refractivity contribution is -0.253. The SMILES string of the molecule is CCNC(=O)Nc1cccc([C@@H]2O[C@H](CN3CCC[C@H]3COC)C[C@H](c3ccc(CO)cc3)O2)c1. The maximum atomic E-state index is 12.0. The highest BCUT2D eigenvalue weighted by Crippen LogP contribution is 2.39. The Morgan fingerprint density at radius 1 is 1.17 bits per heavy atom. The average Bonchev–Trinajstić information content (AvgIpc) is 3.31. The van der Waals surface area contributed by atoms with Gasteiger partial charge >= 0.3 is 6.03 Å². The average molecular weight is 484 g/mol. The Kier molecular flexibility index (Phi) is 9.12. The van der Waals surface area contributed by atoms with E-state index in [9.17, 15) is 9.90 Å². The van der Waals surface area contributed by atoms with Gasteiger partial charge in [0.15, 0.2) is 6.29 Å². The van der Waals surface area contributed by atoms with Crippen LogP contribution in [0.25, 0.3) is 0 Å². The van der Waals surface area contributed by atoms with Crippen molar-refractivity contribution < 1.29 is 24.1 Å². The number of methoxy groups -OCH3 is 1. The summed E-state index contributed by atoms with van der Waals surface area (Å²) < 4.78 is 18.4. The number of nitrogens with one attached hydrogen (secondary N) is 2. The third-order valence-corrected chi connectivity index (χ3v) is 6.67. The van der Waals surface area contributed by atoms with Crippen molar-refractivity contribution in [3.8, 4) is 0 Å². The maximum Gasteiger partial charge on any atom is 0.319 e. The van der Waals surface area contributed by atoms with E-state index >= 15 is 0 Å². The molecule has 2 amide bonds. The van der Waals surface area contributed by atoms with Crippen molar-refractivity contribution in [3.63, 3.8) is 0 Å². The number of amides is 2. The predicted octanol–water partition coefficient (Wildman–Crippen LogP) is 3.98. The molecule has 8 nitrogen and oxygen atoms in total. The molecule has 8 heteroatoms. The number of hydrogen-bond donors (Lipinski definition) is 3. The van der Waals surface area contributed by atoms with E-state index in [1.54, 1.807) is 7.11 Å². The first-order valence-corrected chi connectivity index (χ1v) is 12.5. The van der Waals surface area contributed by atoms with Gasteiger partial charge in [-0.15, -0.1) is 0 Å². The molecule has 2 saturated heterocycles. The number of rotatable bonds is 9. The summed E-state index contributed by atoms with van der Waals surface area (Å²) in [6, 6.07) is 15.7. The zero-order valence-corrected chi connectivity index (χ0v) is 20.6. The van der Waals surface area contributed by atoms with Crippen LogP contribution < -0.4 is 10.6 Å². The highest BCUT2D eigenvalue weighted by molar-refractivity contribution is 5.89. The van der Waals surface area contributed by atoms with Crippen LogP contribution in [0.4, 0.5) is 10.5 Å². The van der Waals surface area contributed by atoms with Crippen molar-refractivity contribution in [3.05, 3.63) is 65.2 Å². The molecule has 35 heavy (non-hydrogen) atoms. The Bertz CT molecular complexity index is 954. The molecule has 190 valence electrons. The van der Waals surface area contributed by atoms with E-state index in [4.69, 9.17) is 14.2 Å². The Balaban J connectivity index is 1.54. The summed E-state index contributed by atoms with van der Waals surface area (Å²) in [6.07, 6.45) is 2.32. The summed E-state index contributed by atoms with van der Waals surface area (Å²) in [6.45, 7) is 5.04. The molecule has 0 bridgehead atoms. The first-order valence-electron chi connectivity index (χ1n) is 12.5. The van der Waals surface area contributed by atoms with Crippen LogP contribution in [0.1, 0.15) is 55.3 Å². The van der Waals surface area contributed by atoms with Crippen LogP contribution in [-0.4, -0.2) is 61.5 Å². The van der Waals surface area contributed by atoms with Crippen molar-refractivity contribution >= 4 is 11.7 Å². The number of aliphatic hydroxyl groups excluding tert-OH is 1. The van der Waals surface area contributed by atoms with Gasteiger partial charge in [-0.05, 0) is 49.6 Å². The third kappa shape index (κ3) is 6.80. The maximum absolute atomic E-state index is 12.0. The fraction of sp³-hybridized carbons (Fsp3) is 0.519. The second kappa shape index (κ2) is 12.5. The molecule has 4 rings (SSSR count).